The van der Waals surface area contributed by atoms with Gasteiger partial charge in [-0.15, -0.1) is 0 Å². The summed E-state index contributed by atoms with van der Waals surface area (Å²) in [6.07, 6.45) is 7.98. The van der Waals surface area contributed by atoms with E-state index in [4.69, 9.17) is 0 Å². The summed E-state index contributed by atoms with van der Waals surface area (Å²) in [4.78, 5) is 38.0. The summed E-state index contributed by atoms with van der Waals surface area (Å²) in [5.74, 6) is -0.170. The predicted octanol–water partition coefficient (Wildman–Crippen LogP) is 4.30. The van der Waals surface area contributed by atoms with E-state index >= 15 is 0 Å². The molecule has 1 atom stereocenters. The Morgan fingerprint density at radius 3 is 2.54 bits per heavy atom. The van der Waals surface area contributed by atoms with Gasteiger partial charge < -0.3 is 10.0 Å². The molecule has 0 saturated carbocycles. The van der Waals surface area contributed by atoms with Crippen molar-refractivity contribution in [1.29, 1.82) is 0 Å². The van der Waals surface area contributed by atoms with E-state index < -0.39 is 5.97 Å². The minimum absolute atomic E-state index is 0.0281. The Kier molecular flexibility index (Phi) is 6.03. The highest BCUT2D eigenvalue weighted by Crippen LogP contribution is 2.48. The monoisotopic (exact) mass is 496 g/mol. The van der Waals surface area contributed by atoms with Gasteiger partial charge in [0.1, 0.15) is 0 Å². The lowest BCUT2D eigenvalue weighted by atomic mass is 9.71. The first-order chi connectivity index (χ1) is 17.9. The smallest absolute Gasteiger partial charge is 0.335 e. The van der Waals surface area contributed by atoms with Crippen LogP contribution in [0.1, 0.15) is 57.9 Å². The number of carboxylic acid groups (broad SMARTS) is 1. The molecule has 190 valence electrons. The Hall–Kier alpha value is -3.58. The number of piperidine rings is 1. The van der Waals surface area contributed by atoms with Crippen LogP contribution in [0.3, 0.4) is 0 Å². The number of carboxylic acids is 1. The average Bonchev–Trinajstić information content (AvgIpc) is 3.31. The summed E-state index contributed by atoms with van der Waals surface area (Å²) in [6.45, 7) is 5.55. The van der Waals surface area contributed by atoms with Gasteiger partial charge in [0, 0.05) is 50.2 Å². The highest BCUT2D eigenvalue weighted by Gasteiger charge is 2.48. The van der Waals surface area contributed by atoms with Crippen molar-refractivity contribution in [3.63, 3.8) is 0 Å². The van der Waals surface area contributed by atoms with Gasteiger partial charge in [0.05, 0.1) is 12.0 Å². The third-order valence-corrected chi connectivity index (χ3v) is 8.55. The summed E-state index contributed by atoms with van der Waals surface area (Å²) < 4.78 is 0. The molecule has 1 aliphatic carbocycles. The number of hydrogen-bond donors (Lipinski definition) is 1. The fraction of sp³-hybridized carbons (Fsp3) is 0.400. The van der Waals surface area contributed by atoms with Gasteiger partial charge in [-0.3, -0.25) is 9.69 Å². The minimum Gasteiger partial charge on any atom is -0.478 e. The Labute approximate surface area is 217 Å². The molecule has 0 radical (unpaired) electrons. The molecule has 2 aliphatic heterocycles. The molecule has 37 heavy (non-hydrogen) atoms. The van der Waals surface area contributed by atoms with E-state index in [1.165, 1.54) is 11.1 Å². The van der Waals surface area contributed by atoms with Crippen LogP contribution in [0, 0.1) is 12.3 Å². The molecule has 2 aromatic carbocycles. The SMILES string of the molecule is Cc1ccc(CC(=O)N2CCC3(CC2)CN(C2CCc4cc(-c5ncccn5)ccc42)C3)c(C(=O)O)c1. The Morgan fingerprint density at radius 1 is 1.05 bits per heavy atom. The van der Waals surface area contributed by atoms with Gasteiger partial charge in [-0.1, -0.05) is 29.8 Å². The first-order valence-corrected chi connectivity index (χ1v) is 13.2. The number of rotatable bonds is 5. The lowest BCUT2D eigenvalue weighted by Gasteiger charge is -2.56. The van der Waals surface area contributed by atoms with Crippen LogP contribution in [0.15, 0.2) is 54.9 Å². The number of hydrogen-bond acceptors (Lipinski definition) is 5. The van der Waals surface area contributed by atoms with Gasteiger partial charge >= 0.3 is 5.97 Å². The molecule has 6 rings (SSSR count). The van der Waals surface area contributed by atoms with Gasteiger partial charge in [0.2, 0.25) is 5.91 Å². The molecule has 0 bridgehead atoms. The molecule has 1 amide bonds. The fourth-order valence-electron chi connectivity index (χ4n) is 6.46. The average molecular weight is 497 g/mol. The number of aromatic nitrogens is 2. The highest BCUT2D eigenvalue weighted by atomic mass is 16.4. The predicted molar refractivity (Wildman–Crippen MR) is 140 cm³/mol. The van der Waals surface area contributed by atoms with Gasteiger partial charge in [-0.05, 0) is 72.9 Å². The summed E-state index contributed by atoms with van der Waals surface area (Å²) in [5, 5.41) is 9.53. The topological polar surface area (TPSA) is 86.6 Å². The molecule has 1 spiro atoms. The molecule has 7 heteroatoms. The normalized spacial score (nSPS) is 20.5. The zero-order valence-electron chi connectivity index (χ0n) is 21.2. The number of aromatic carboxylic acids is 1. The maximum absolute atomic E-state index is 13.0. The van der Waals surface area contributed by atoms with Gasteiger partial charge in [-0.2, -0.15) is 0 Å². The van der Waals surface area contributed by atoms with Crippen LogP contribution in [-0.2, 0) is 17.6 Å². The number of carbonyl (C=O) groups excluding carboxylic acids is 1. The van der Waals surface area contributed by atoms with Crippen LogP contribution in [-0.4, -0.2) is 62.9 Å². The summed E-state index contributed by atoms with van der Waals surface area (Å²) in [6, 6.07) is 14.3. The van der Waals surface area contributed by atoms with E-state index in [9.17, 15) is 14.7 Å². The van der Waals surface area contributed by atoms with E-state index in [0.717, 1.165) is 68.8 Å². The van der Waals surface area contributed by atoms with Crippen molar-refractivity contribution < 1.29 is 14.7 Å². The van der Waals surface area contributed by atoms with Crippen molar-refractivity contribution in [3.05, 3.63) is 82.7 Å². The van der Waals surface area contributed by atoms with Crippen LogP contribution >= 0.6 is 0 Å². The first kappa shape index (κ1) is 23.8. The van der Waals surface area contributed by atoms with Crippen molar-refractivity contribution in [2.24, 2.45) is 5.41 Å². The molecule has 3 aromatic rings. The quantitative estimate of drug-likeness (QED) is 0.567. The van der Waals surface area contributed by atoms with Crippen molar-refractivity contribution in [1.82, 2.24) is 19.8 Å². The maximum Gasteiger partial charge on any atom is 0.335 e. The molecule has 1 aromatic heterocycles. The molecule has 3 aliphatic rings. The maximum atomic E-state index is 13.0. The van der Waals surface area contributed by atoms with Gasteiger partial charge in [0.25, 0.3) is 0 Å². The second-order valence-electron chi connectivity index (χ2n) is 11.0. The summed E-state index contributed by atoms with van der Waals surface area (Å²) in [7, 11) is 0. The zero-order valence-corrected chi connectivity index (χ0v) is 21.2. The zero-order chi connectivity index (χ0) is 25.6. The molecule has 7 nitrogen and oxygen atoms in total. The van der Waals surface area contributed by atoms with E-state index in [1.807, 2.05) is 24.0 Å². The molecule has 1 unspecified atom stereocenters. The summed E-state index contributed by atoms with van der Waals surface area (Å²) in [5.41, 5.74) is 5.95. The number of amides is 1. The lowest BCUT2D eigenvalue weighted by Crippen LogP contribution is -2.61. The first-order valence-electron chi connectivity index (χ1n) is 13.2. The van der Waals surface area contributed by atoms with Crippen molar-refractivity contribution >= 4 is 11.9 Å². The van der Waals surface area contributed by atoms with E-state index in [2.05, 4.69) is 33.1 Å². The molecule has 2 saturated heterocycles. The molecule has 1 N–H and O–H groups in total. The summed E-state index contributed by atoms with van der Waals surface area (Å²) >= 11 is 0. The van der Waals surface area contributed by atoms with Crippen LogP contribution in [0.5, 0.6) is 0 Å². The number of likely N-dealkylation sites (tertiary alicyclic amines) is 2. The number of aryl methyl sites for hydroxylation is 2. The van der Waals surface area contributed by atoms with Crippen molar-refractivity contribution in [2.75, 3.05) is 26.2 Å². The van der Waals surface area contributed by atoms with Crippen LogP contribution in [0.25, 0.3) is 11.4 Å². The Bertz CT molecular complexity index is 1340. The Balaban J connectivity index is 1.05. The highest BCUT2D eigenvalue weighted by molar-refractivity contribution is 5.92. The fourth-order valence-corrected chi connectivity index (χ4v) is 6.46. The van der Waals surface area contributed by atoms with Gasteiger partial charge in [-0.25, -0.2) is 14.8 Å². The Morgan fingerprint density at radius 2 is 1.81 bits per heavy atom. The number of benzene rings is 2. The second kappa shape index (κ2) is 9.38. The largest absolute Gasteiger partial charge is 0.478 e. The molecule has 2 fully saturated rings. The van der Waals surface area contributed by atoms with E-state index in [0.29, 0.717) is 17.0 Å². The third kappa shape index (κ3) is 4.53. The minimum atomic E-state index is -0.975. The number of fused-ring (bicyclic) bond motifs is 1. The van der Waals surface area contributed by atoms with Crippen LogP contribution in [0.4, 0.5) is 0 Å². The number of carbonyl (C=O) groups is 2. The number of nitrogens with zero attached hydrogens (tertiary/aromatic N) is 4. The lowest BCUT2D eigenvalue weighted by molar-refractivity contribution is -0.136. The standard InChI is InChI=1S/C30H32N4O3/c1-20-3-4-22(25(15-20)29(36)37)17-27(35)33-13-9-30(10-14-33)18-34(19-30)26-8-6-21-16-23(5-7-24(21)26)28-31-11-2-12-32-28/h2-5,7,11-12,15-16,26H,6,8-10,13-14,17-19H2,1H3,(H,36,37). The third-order valence-electron chi connectivity index (χ3n) is 8.55. The molecular weight excluding hydrogens is 464 g/mol. The van der Waals surface area contributed by atoms with E-state index in [1.54, 1.807) is 24.5 Å². The second-order valence-corrected chi connectivity index (χ2v) is 11.0. The van der Waals surface area contributed by atoms with Crippen molar-refractivity contribution in [2.45, 2.75) is 45.1 Å². The van der Waals surface area contributed by atoms with Crippen LogP contribution in [0.2, 0.25) is 0 Å². The van der Waals surface area contributed by atoms with E-state index in [-0.39, 0.29) is 17.9 Å². The van der Waals surface area contributed by atoms with Gasteiger partial charge in [0.15, 0.2) is 5.82 Å². The molecule has 3 heterocycles. The molecular formula is C30H32N4O3. The van der Waals surface area contributed by atoms with Crippen LogP contribution < -0.4 is 0 Å². The van der Waals surface area contributed by atoms with Crippen molar-refractivity contribution in [3.8, 4) is 11.4 Å².